The first kappa shape index (κ1) is 30.7. The molecule has 4 aromatic rings. The normalized spacial score (nSPS) is 12.0. The van der Waals surface area contributed by atoms with Crippen LogP contribution >= 0.6 is 0 Å². The van der Waals surface area contributed by atoms with Crippen LogP contribution in [0.1, 0.15) is 42.5 Å². The molecule has 1 N–H and O–H groups in total. The number of para-hydroxylation sites is 2. The molecule has 5 nitrogen and oxygen atoms in total. The maximum Gasteiger partial charge on any atom is 0.306 e. The van der Waals surface area contributed by atoms with Gasteiger partial charge in [0.1, 0.15) is 36.3 Å². The van der Waals surface area contributed by atoms with E-state index in [-0.39, 0.29) is 17.6 Å². The van der Waals surface area contributed by atoms with Gasteiger partial charge in [-0.05, 0) is 66.4 Å². The van der Waals surface area contributed by atoms with Gasteiger partial charge in [-0.3, -0.25) is 9.69 Å². The molecule has 4 aromatic carbocycles. The van der Waals surface area contributed by atoms with Crippen LogP contribution in [0.3, 0.4) is 0 Å². The van der Waals surface area contributed by atoms with Gasteiger partial charge in [0.2, 0.25) is 0 Å². The summed E-state index contributed by atoms with van der Waals surface area (Å²) in [5.41, 5.74) is 3.63. The lowest BCUT2D eigenvalue weighted by molar-refractivity contribution is -0.143. The van der Waals surface area contributed by atoms with Crippen LogP contribution in [0, 0.1) is 23.5 Å². The summed E-state index contributed by atoms with van der Waals surface area (Å²) in [5, 5.41) is 9.81. The SMILES string of the molecule is CC(C)C(CCN(Cc1ccccc1OCc1ccc(F)cc1)Cc1ccccc1OCc1ccc(F)cc1)C(=O)O. The van der Waals surface area contributed by atoms with Crippen molar-refractivity contribution >= 4 is 5.97 Å². The first-order chi connectivity index (χ1) is 20.3. The zero-order valence-electron chi connectivity index (χ0n) is 24.0. The second-order valence-electron chi connectivity index (χ2n) is 10.7. The third-order valence-electron chi connectivity index (χ3n) is 7.23. The molecular weight excluding hydrogens is 536 g/mol. The van der Waals surface area contributed by atoms with Crippen molar-refractivity contribution in [3.05, 3.63) is 131 Å². The summed E-state index contributed by atoms with van der Waals surface area (Å²) in [5.74, 6) is -0.423. The van der Waals surface area contributed by atoms with Gasteiger partial charge >= 0.3 is 5.97 Å². The fourth-order valence-corrected chi connectivity index (χ4v) is 4.79. The summed E-state index contributed by atoms with van der Waals surface area (Å²) in [6.45, 7) is 6.05. The molecular formula is C35H37F2NO4. The quantitative estimate of drug-likeness (QED) is 0.157. The Bertz CT molecular complexity index is 1330. The van der Waals surface area contributed by atoms with Crippen molar-refractivity contribution in [1.82, 2.24) is 4.90 Å². The average molecular weight is 574 g/mol. The van der Waals surface area contributed by atoms with E-state index in [4.69, 9.17) is 9.47 Å². The number of carboxylic acids is 1. The van der Waals surface area contributed by atoms with Gasteiger partial charge in [-0.2, -0.15) is 0 Å². The van der Waals surface area contributed by atoms with Crippen LogP contribution in [0.4, 0.5) is 8.78 Å². The largest absolute Gasteiger partial charge is 0.489 e. The fourth-order valence-electron chi connectivity index (χ4n) is 4.79. The van der Waals surface area contributed by atoms with E-state index in [9.17, 15) is 18.7 Å². The molecule has 0 saturated heterocycles. The maximum absolute atomic E-state index is 13.3. The smallest absolute Gasteiger partial charge is 0.306 e. The van der Waals surface area contributed by atoms with E-state index in [0.29, 0.717) is 50.8 Å². The van der Waals surface area contributed by atoms with Crippen LogP contribution in [0.2, 0.25) is 0 Å². The van der Waals surface area contributed by atoms with Crippen LogP contribution in [0.5, 0.6) is 11.5 Å². The number of nitrogens with zero attached hydrogens (tertiary/aromatic N) is 1. The predicted octanol–water partition coefficient (Wildman–Crippen LogP) is 7.87. The number of carboxylic acid groups (broad SMARTS) is 1. The average Bonchev–Trinajstić information content (AvgIpc) is 2.97. The third kappa shape index (κ3) is 9.14. The number of benzene rings is 4. The Balaban J connectivity index is 1.53. The number of aliphatic carboxylic acids is 1. The van der Waals surface area contributed by atoms with Crippen LogP contribution in [-0.2, 0) is 31.1 Å². The molecule has 0 fully saturated rings. The number of rotatable bonds is 15. The summed E-state index contributed by atoms with van der Waals surface area (Å²) in [4.78, 5) is 14.2. The highest BCUT2D eigenvalue weighted by Crippen LogP contribution is 2.27. The second-order valence-corrected chi connectivity index (χ2v) is 10.7. The van der Waals surface area contributed by atoms with E-state index >= 15 is 0 Å². The van der Waals surface area contributed by atoms with Crippen molar-refractivity contribution in [2.24, 2.45) is 11.8 Å². The minimum Gasteiger partial charge on any atom is -0.489 e. The number of ether oxygens (including phenoxy) is 2. The predicted molar refractivity (Wildman–Crippen MR) is 159 cm³/mol. The van der Waals surface area contributed by atoms with Gasteiger partial charge in [0.15, 0.2) is 0 Å². The summed E-state index contributed by atoms with van der Waals surface area (Å²) in [7, 11) is 0. The Morgan fingerprint density at radius 3 is 1.55 bits per heavy atom. The summed E-state index contributed by atoms with van der Waals surface area (Å²) in [6.07, 6.45) is 0.490. The Hall–Kier alpha value is -4.23. The Labute approximate surface area is 246 Å². The van der Waals surface area contributed by atoms with Gasteiger partial charge in [-0.25, -0.2) is 8.78 Å². The first-order valence-electron chi connectivity index (χ1n) is 14.1. The van der Waals surface area contributed by atoms with Gasteiger partial charge in [0.05, 0.1) is 5.92 Å². The lowest BCUT2D eigenvalue weighted by Gasteiger charge is -2.27. The molecule has 0 spiro atoms. The van der Waals surface area contributed by atoms with Crippen LogP contribution < -0.4 is 9.47 Å². The van der Waals surface area contributed by atoms with Crippen molar-refractivity contribution in [3.63, 3.8) is 0 Å². The highest BCUT2D eigenvalue weighted by atomic mass is 19.1. The molecule has 42 heavy (non-hydrogen) atoms. The molecule has 1 atom stereocenters. The van der Waals surface area contributed by atoms with Crippen molar-refractivity contribution in [2.45, 2.75) is 46.6 Å². The monoisotopic (exact) mass is 573 g/mol. The molecule has 0 amide bonds. The van der Waals surface area contributed by atoms with Gasteiger partial charge in [-0.1, -0.05) is 74.5 Å². The van der Waals surface area contributed by atoms with E-state index in [0.717, 1.165) is 22.3 Å². The molecule has 0 bridgehead atoms. The minimum absolute atomic E-state index is 0.00186. The lowest BCUT2D eigenvalue weighted by Crippen LogP contribution is -2.29. The van der Waals surface area contributed by atoms with Gasteiger partial charge in [0.25, 0.3) is 0 Å². The van der Waals surface area contributed by atoms with Crippen molar-refractivity contribution in [2.75, 3.05) is 6.54 Å². The van der Waals surface area contributed by atoms with Crippen molar-refractivity contribution in [3.8, 4) is 11.5 Å². The molecule has 1 unspecified atom stereocenters. The van der Waals surface area contributed by atoms with Crippen molar-refractivity contribution in [1.29, 1.82) is 0 Å². The third-order valence-corrected chi connectivity index (χ3v) is 7.23. The zero-order chi connectivity index (χ0) is 29.9. The number of carbonyl (C=O) groups is 1. The van der Waals surface area contributed by atoms with Crippen LogP contribution in [-0.4, -0.2) is 22.5 Å². The van der Waals surface area contributed by atoms with E-state index in [2.05, 4.69) is 4.90 Å². The summed E-state index contributed by atoms with van der Waals surface area (Å²) >= 11 is 0. The number of halogens is 2. The number of hydrogen-bond acceptors (Lipinski definition) is 4. The van der Waals surface area contributed by atoms with E-state index in [1.807, 2.05) is 62.4 Å². The molecule has 0 aliphatic carbocycles. The molecule has 0 heterocycles. The second kappa shape index (κ2) is 15.1. The maximum atomic E-state index is 13.3. The fraction of sp³-hybridized carbons (Fsp3) is 0.286. The van der Waals surface area contributed by atoms with Gasteiger partial charge in [-0.15, -0.1) is 0 Å². The highest BCUT2D eigenvalue weighted by Gasteiger charge is 2.23. The standard InChI is InChI=1S/C35H37F2NO4/c1-25(2)32(35(39)40)19-20-38(21-28-7-3-5-9-33(28)41-23-26-11-15-30(36)16-12-26)22-29-8-4-6-10-34(29)42-24-27-13-17-31(37)18-14-27/h3-18,25,32H,19-24H2,1-2H3,(H,39,40). The number of hydrogen-bond donors (Lipinski definition) is 1. The van der Waals surface area contributed by atoms with Crippen LogP contribution in [0.25, 0.3) is 0 Å². The molecule has 220 valence electrons. The molecule has 7 heteroatoms. The van der Waals surface area contributed by atoms with E-state index in [1.54, 1.807) is 24.3 Å². The molecule has 0 radical (unpaired) electrons. The molecule has 0 saturated carbocycles. The van der Waals surface area contributed by atoms with Crippen molar-refractivity contribution < 1.29 is 28.2 Å². The van der Waals surface area contributed by atoms with E-state index in [1.165, 1.54) is 24.3 Å². The van der Waals surface area contributed by atoms with E-state index < -0.39 is 11.9 Å². The van der Waals surface area contributed by atoms with Gasteiger partial charge < -0.3 is 14.6 Å². The summed E-state index contributed by atoms with van der Waals surface area (Å²) in [6, 6.07) is 28.0. The topological polar surface area (TPSA) is 59.0 Å². The Morgan fingerprint density at radius 2 is 1.14 bits per heavy atom. The summed E-state index contributed by atoms with van der Waals surface area (Å²) < 4.78 is 39.0. The minimum atomic E-state index is -0.795. The lowest BCUT2D eigenvalue weighted by atomic mass is 9.92. The molecule has 0 aliphatic heterocycles. The first-order valence-corrected chi connectivity index (χ1v) is 14.1. The molecule has 0 aliphatic rings. The highest BCUT2D eigenvalue weighted by molar-refractivity contribution is 5.70. The molecule has 0 aromatic heterocycles. The Morgan fingerprint density at radius 1 is 0.714 bits per heavy atom. The van der Waals surface area contributed by atoms with Crippen LogP contribution in [0.15, 0.2) is 97.1 Å². The Kier molecular flexibility index (Phi) is 11.1. The van der Waals surface area contributed by atoms with Gasteiger partial charge in [0, 0.05) is 24.2 Å². The molecule has 4 rings (SSSR count). The zero-order valence-corrected chi connectivity index (χ0v) is 24.0.